The van der Waals surface area contributed by atoms with E-state index in [1.54, 1.807) is 0 Å². The molecular weight excluding hydrogens is 352 g/mol. The lowest BCUT2D eigenvalue weighted by Gasteiger charge is -2.30. The number of aryl methyl sites for hydroxylation is 2. The minimum atomic E-state index is -0.205. The number of hydrogen-bond acceptors (Lipinski definition) is 3. The van der Waals surface area contributed by atoms with Crippen molar-refractivity contribution in [1.29, 1.82) is 0 Å². The zero-order valence-corrected chi connectivity index (χ0v) is 17.0. The molecule has 1 aliphatic rings. The van der Waals surface area contributed by atoms with Gasteiger partial charge in [-0.2, -0.15) is 0 Å². The Morgan fingerprint density at radius 2 is 1.86 bits per heavy atom. The summed E-state index contributed by atoms with van der Waals surface area (Å²) in [6.45, 7) is 9.20. The van der Waals surface area contributed by atoms with Crippen LogP contribution in [0, 0.1) is 19.8 Å². The van der Waals surface area contributed by atoms with Crippen molar-refractivity contribution in [2.75, 3.05) is 18.5 Å². The zero-order valence-electron chi connectivity index (χ0n) is 17.0. The van der Waals surface area contributed by atoms with Gasteiger partial charge in [-0.05, 0) is 66.8 Å². The predicted octanol–water partition coefficient (Wildman–Crippen LogP) is 3.86. The van der Waals surface area contributed by atoms with E-state index in [2.05, 4.69) is 5.32 Å². The summed E-state index contributed by atoms with van der Waals surface area (Å²) in [5, 5.41) is 2.89. The molecule has 0 saturated carbocycles. The van der Waals surface area contributed by atoms with Crippen molar-refractivity contribution in [3.63, 3.8) is 0 Å². The summed E-state index contributed by atoms with van der Waals surface area (Å²) in [4.78, 5) is 26.4. The lowest BCUT2D eigenvalue weighted by Crippen LogP contribution is -2.38. The Morgan fingerprint density at radius 3 is 2.57 bits per heavy atom. The molecule has 0 spiro atoms. The maximum Gasteiger partial charge on any atom is 0.262 e. The number of nitrogens with one attached hydrogen (secondary N) is 1. The van der Waals surface area contributed by atoms with Crippen LogP contribution < -0.4 is 10.1 Å². The molecule has 0 aliphatic carbocycles. The molecule has 0 saturated heterocycles. The smallest absolute Gasteiger partial charge is 0.262 e. The minimum Gasteiger partial charge on any atom is -0.484 e. The lowest BCUT2D eigenvalue weighted by atomic mass is 9.98. The van der Waals surface area contributed by atoms with Crippen LogP contribution in [0.2, 0.25) is 0 Å². The zero-order chi connectivity index (χ0) is 20.3. The van der Waals surface area contributed by atoms with Crippen molar-refractivity contribution >= 4 is 17.5 Å². The van der Waals surface area contributed by atoms with Crippen LogP contribution in [-0.4, -0.2) is 29.9 Å². The number of ether oxygens (including phenoxy) is 1. The van der Waals surface area contributed by atoms with Crippen LogP contribution in [0.1, 0.15) is 36.1 Å². The number of nitrogens with zero attached hydrogens (tertiary/aromatic N) is 1. The number of anilines is 1. The normalized spacial score (nSPS) is 13.2. The third-order valence-corrected chi connectivity index (χ3v) is 5.16. The van der Waals surface area contributed by atoms with Gasteiger partial charge in [0.1, 0.15) is 5.75 Å². The summed E-state index contributed by atoms with van der Waals surface area (Å²) in [7, 11) is 0. The highest BCUT2D eigenvalue weighted by atomic mass is 16.5. The van der Waals surface area contributed by atoms with Crippen LogP contribution in [0.5, 0.6) is 5.75 Å². The number of benzene rings is 2. The molecule has 148 valence electrons. The number of carbonyl (C=O) groups is 2. The minimum absolute atomic E-state index is 0.00741. The highest BCUT2D eigenvalue weighted by Crippen LogP contribution is 2.24. The van der Waals surface area contributed by atoms with Gasteiger partial charge < -0.3 is 15.0 Å². The molecule has 1 heterocycles. The van der Waals surface area contributed by atoms with E-state index in [1.807, 2.05) is 69.0 Å². The van der Waals surface area contributed by atoms with E-state index in [4.69, 9.17) is 4.74 Å². The molecule has 5 nitrogen and oxygen atoms in total. The van der Waals surface area contributed by atoms with E-state index >= 15 is 0 Å². The Morgan fingerprint density at radius 1 is 1.07 bits per heavy atom. The van der Waals surface area contributed by atoms with Crippen molar-refractivity contribution in [1.82, 2.24) is 4.90 Å². The van der Waals surface area contributed by atoms with Gasteiger partial charge in [-0.15, -0.1) is 0 Å². The predicted molar refractivity (Wildman–Crippen MR) is 110 cm³/mol. The van der Waals surface area contributed by atoms with Gasteiger partial charge >= 0.3 is 0 Å². The third-order valence-electron chi connectivity index (χ3n) is 5.16. The fourth-order valence-corrected chi connectivity index (χ4v) is 3.34. The first-order valence-electron chi connectivity index (χ1n) is 9.74. The second-order valence-electron chi connectivity index (χ2n) is 7.73. The summed E-state index contributed by atoms with van der Waals surface area (Å²) in [6.07, 6.45) is 0.845. The molecule has 2 aromatic carbocycles. The average molecular weight is 380 g/mol. The van der Waals surface area contributed by atoms with E-state index < -0.39 is 0 Å². The molecule has 0 bridgehead atoms. The molecule has 0 atom stereocenters. The number of rotatable bonds is 5. The van der Waals surface area contributed by atoms with Gasteiger partial charge in [-0.1, -0.05) is 26.0 Å². The highest BCUT2D eigenvalue weighted by Gasteiger charge is 2.22. The molecule has 5 heteroatoms. The van der Waals surface area contributed by atoms with Crippen molar-refractivity contribution in [3.8, 4) is 5.75 Å². The van der Waals surface area contributed by atoms with E-state index in [1.165, 1.54) is 11.1 Å². The fraction of sp³-hybridized carbons (Fsp3) is 0.391. The van der Waals surface area contributed by atoms with Crippen LogP contribution >= 0.6 is 0 Å². The van der Waals surface area contributed by atoms with Crippen LogP contribution in [0.15, 0.2) is 36.4 Å². The van der Waals surface area contributed by atoms with Crippen molar-refractivity contribution in [2.45, 2.75) is 40.7 Å². The molecular formula is C23H28N2O3. The van der Waals surface area contributed by atoms with Crippen LogP contribution in [-0.2, 0) is 22.6 Å². The molecule has 2 aromatic rings. The summed E-state index contributed by atoms with van der Waals surface area (Å²) in [5.74, 6) is 0.643. The number of carbonyl (C=O) groups excluding carboxylic acids is 2. The van der Waals surface area contributed by atoms with E-state index in [0.717, 1.165) is 29.8 Å². The van der Waals surface area contributed by atoms with Gasteiger partial charge in [-0.3, -0.25) is 9.59 Å². The molecule has 1 aliphatic heterocycles. The van der Waals surface area contributed by atoms with Crippen molar-refractivity contribution in [3.05, 3.63) is 58.7 Å². The Hall–Kier alpha value is -2.82. The lowest BCUT2D eigenvalue weighted by molar-refractivity contribution is -0.135. The summed E-state index contributed by atoms with van der Waals surface area (Å²) in [6, 6.07) is 11.7. The SMILES string of the molecule is Cc1ccc(OCC(=O)Nc2ccc3c(c2)CN(C(=O)C(C)C)CC3)cc1C. The highest BCUT2D eigenvalue weighted by molar-refractivity contribution is 5.92. The summed E-state index contributed by atoms with van der Waals surface area (Å²) < 4.78 is 5.60. The number of hydrogen-bond donors (Lipinski definition) is 1. The first-order valence-corrected chi connectivity index (χ1v) is 9.74. The molecule has 0 fully saturated rings. The summed E-state index contributed by atoms with van der Waals surface area (Å²) >= 11 is 0. The molecule has 2 amide bonds. The molecule has 3 rings (SSSR count). The topological polar surface area (TPSA) is 58.6 Å². The Bertz CT molecular complexity index is 889. The first kappa shape index (κ1) is 19.9. The van der Waals surface area contributed by atoms with Gasteiger partial charge in [0.15, 0.2) is 6.61 Å². The first-order chi connectivity index (χ1) is 13.3. The Kier molecular flexibility index (Phi) is 6.02. The Balaban J connectivity index is 1.60. The van der Waals surface area contributed by atoms with Crippen LogP contribution in [0.25, 0.3) is 0 Å². The van der Waals surface area contributed by atoms with Gasteiger partial charge in [0.25, 0.3) is 5.91 Å². The van der Waals surface area contributed by atoms with Crippen LogP contribution in [0.4, 0.5) is 5.69 Å². The largest absolute Gasteiger partial charge is 0.484 e. The van der Waals surface area contributed by atoms with Gasteiger partial charge in [0, 0.05) is 24.7 Å². The quantitative estimate of drug-likeness (QED) is 0.857. The van der Waals surface area contributed by atoms with E-state index in [-0.39, 0.29) is 24.3 Å². The Labute approximate surface area is 166 Å². The molecule has 0 radical (unpaired) electrons. The van der Waals surface area contributed by atoms with Gasteiger partial charge in [0.2, 0.25) is 5.91 Å². The number of fused-ring (bicyclic) bond motifs is 1. The van der Waals surface area contributed by atoms with Gasteiger partial charge in [-0.25, -0.2) is 0 Å². The standard InChI is InChI=1S/C23H28N2O3/c1-15(2)23(27)25-10-9-18-6-7-20(12-19(18)13-25)24-22(26)14-28-21-8-5-16(3)17(4)11-21/h5-8,11-12,15H,9-10,13-14H2,1-4H3,(H,24,26). The maximum absolute atomic E-state index is 12.3. The van der Waals surface area contributed by atoms with Crippen molar-refractivity contribution < 1.29 is 14.3 Å². The van der Waals surface area contributed by atoms with Gasteiger partial charge in [0.05, 0.1) is 0 Å². The molecule has 28 heavy (non-hydrogen) atoms. The monoisotopic (exact) mass is 380 g/mol. The van der Waals surface area contributed by atoms with E-state index in [0.29, 0.717) is 12.3 Å². The second kappa shape index (κ2) is 8.46. The average Bonchev–Trinajstić information content (AvgIpc) is 2.67. The molecule has 0 aromatic heterocycles. The number of amides is 2. The molecule has 1 N–H and O–H groups in total. The maximum atomic E-state index is 12.3. The van der Waals surface area contributed by atoms with Crippen molar-refractivity contribution in [2.24, 2.45) is 5.92 Å². The third kappa shape index (κ3) is 4.71. The molecule has 0 unspecified atom stereocenters. The fourth-order valence-electron chi connectivity index (χ4n) is 3.34. The summed E-state index contributed by atoms with van der Waals surface area (Å²) in [5.41, 5.74) is 5.38. The van der Waals surface area contributed by atoms with E-state index in [9.17, 15) is 9.59 Å². The van der Waals surface area contributed by atoms with Crippen LogP contribution in [0.3, 0.4) is 0 Å². The second-order valence-corrected chi connectivity index (χ2v) is 7.73.